The molecule has 2 heterocycles. The smallest absolute Gasteiger partial charge is 0.260 e. The standard InChI is InChI=1S/C21H19NO4S/c23-20(22-9-11-25-12-10-22)14-26-16-7-5-15(6-8-16)13-19-21(24)17-3-1-2-4-18(17)27-19/h1-8,13H,9-12,14H2/b19-13-. The normalized spacial score (nSPS) is 17.9. The molecule has 0 unspecified atom stereocenters. The summed E-state index contributed by atoms with van der Waals surface area (Å²) in [5, 5.41) is 0. The summed E-state index contributed by atoms with van der Waals surface area (Å²) < 4.78 is 10.8. The van der Waals surface area contributed by atoms with E-state index in [-0.39, 0.29) is 18.3 Å². The quantitative estimate of drug-likeness (QED) is 0.761. The summed E-state index contributed by atoms with van der Waals surface area (Å²) in [6.07, 6.45) is 1.88. The molecule has 0 N–H and O–H groups in total. The minimum atomic E-state index is -0.0322. The summed E-state index contributed by atoms with van der Waals surface area (Å²) in [6.45, 7) is 2.40. The molecule has 1 amide bonds. The summed E-state index contributed by atoms with van der Waals surface area (Å²) in [6, 6.07) is 15.0. The first-order valence-corrected chi connectivity index (χ1v) is 9.64. The molecule has 0 aliphatic carbocycles. The Labute approximate surface area is 162 Å². The van der Waals surface area contributed by atoms with Crippen molar-refractivity contribution >= 4 is 29.5 Å². The zero-order chi connectivity index (χ0) is 18.6. The first kappa shape index (κ1) is 17.8. The Morgan fingerprint density at radius 3 is 2.59 bits per heavy atom. The number of thioether (sulfide) groups is 1. The number of hydrogen-bond donors (Lipinski definition) is 0. The third-order valence-electron chi connectivity index (χ3n) is 4.48. The molecular weight excluding hydrogens is 362 g/mol. The molecule has 1 fully saturated rings. The van der Waals surface area contributed by atoms with Crippen molar-refractivity contribution in [2.45, 2.75) is 4.90 Å². The van der Waals surface area contributed by atoms with E-state index in [4.69, 9.17) is 9.47 Å². The van der Waals surface area contributed by atoms with Gasteiger partial charge in [-0.05, 0) is 35.9 Å². The largest absolute Gasteiger partial charge is 0.484 e. The SMILES string of the molecule is O=C1/C(=C/c2ccc(OCC(=O)N3CCOCC3)cc2)Sc2ccccc21. The van der Waals surface area contributed by atoms with Crippen LogP contribution in [-0.2, 0) is 9.53 Å². The minimum absolute atomic E-state index is 0.0179. The second-order valence-corrected chi connectivity index (χ2v) is 7.37. The molecule has 2 aliphatic rings. The molecule has 5 nitrogen and oxygen atoms in total. The van der Waals surface area contributed by atoms with Crippen LogP contribution in [0.2, 0.25) is 0 Å². The number of rotatable bonds is 4. The van der Waals surface area contributed by atoms with E-state index >= 15 is 0 Å². The topological polar surface area (TPSA) is 55.8 Å². The third kappa shape index (κ3) is 4.07. The first-order valence-electron chi connectivity index (χ1n) is 8.82. The molecule has 0 bridgehead atoms. The number of morpholine rings is 1. The van der Waals surface area contributed by atoms with E-state index in [0.717, 1.165) is 16.0 Å². The number of nitrogens with zero attached hydrogens (tertiary/aromatic N) is 1. The molecule has 138 valence electrons. The third-order valence-corrected chi connectivity index (χ3v) is 5.58. The number of fused-ring (bicyclic) bond motifs is 1. The summed E-state index contributed by atoms with van der Waals surface area (Å²) in [4.78, 5) is 28.0. The highest BCUT2D eigenvalue weighted by Gasteiger charge is 2.25. The molecule has 6 heteroatoms. The van der Waals surface area contributed by atoms with Crippen molar-refractivity contribution in [1.82, 2.24) is 4.90 Å². The minimum Gasteiger partial charge on any atom is -0.484 e. The Morgan fingerprint density at radius 1 is 1.11 bits per heavy atom. The number of allylic oxidation sites excluding steroid dienone is 1. The average molecular weight is 381 g/mol. The van der Waals surface area contributed by atoms with Crippen molar-refractivity contribution < 1.29 is 19.1 Å². The molecule has 2 aromatic rings. The molecule has 0 atom stereocenters. The van der Waals surface area contributed by atoms with E-state index < -0.39 is 0 Å². The van der Waals surface area contributed by atoms with Gasteiger partial charge < -0.3 is 14.4 Å². The lowest BCUT2D eigenvalue weighted by Crippen LogP contribution is -2.42. The van der Waals surface area contributed by atoms with Gasteiger partial charge in [-0.2, -0.15) is 0 Å². The van der Waals surface area contributed by atoms with Gasteiger partial charge in [0.15, 0.2) is 6.61 Å². The zero-order valence-corrected chi connectivity index (χ0v) is 15.5. The Hall–Kier alpha value is -2.57. The molecule has 0 spiro atoms. The van der Waals surface area contributed by atoms with Crippen LogP contribution < -0.4 is 4.74 Å². The van der Waals surface area contributed by atoms with Crippen LogP contribution in [0.15, 0.2) is 58.3 Å². The maximum absolute atomic E-state index is 12.4. The van der Waals surface area contributed by atoms with Crippen LogP contribution in [0.3, 0.4) is 0 Å². The number of amides is 1. The Morgan fingerprint density at radius 2 is 1.85 bits per heavy atom. The molecule has 27 heavy (non-hydrogen) atoms. The fourth-order valence-electron chi connectivity index (χ4n) is 3.00. The van der Waals surface area contributed by atoms with Gasteiger partial charge in [-0.3, -0.25) is 9.59 Å². The van der Waals surface area contributed by atoms with Gasteiger partial charge in [0.1, 0.15) is 5.75 Å². The van der Waals surface area contributed by atoms with E-state index in [1.165, 1.54) is 11.8 Å². The molecule has 0 aromatic heterocycles. The fraction of sp³-hybridized carbons (Fsp3) is 0.238. The summed E-state index contributed by atoms with van der Waals surface area (Å²) in [7, 11) is 0. The van der Waals surface area contributed by atoms with Crippen molar-refractivity contribution in [2.75, 3.05) is 32.9 Å². The second-order valence-electron chi connectivity index (χ2n) is 6.29. The second kappa shape index (κ2) is 7.98. The fourth-order valence-corrected chi connectivity index (χ4v) is 4.05. The number of hydrogen-bond acceptors (Lipinski definition) is 5. The van der Waals surface area contributed by atoms with Gasteiger partial charge >= 0.3 is 0 Å². The molecular formula is C21H19NO4S. The van der Waals surface area contributed by atoms with Crippen LogP contribution in [0, 0.1) is 0 Å². The first-order chi connectivity index (χ1) is 13.2. The van der Waals surface area contributed by atoms with Crippen LogP contribution in [0.4, 0.5) is 0 Å². The Balaban J connectivity index is 1.37. The van der Waals surface area contributed by atoms with E-state index in [2.05, 4.69) is 0 Å². The van der Waals surface area contributed by atoms with Gasteiger partial charge in [-0.15, -0.1) is 0 Å². The summed E-state index contributed by atoms with van der Waals surface area (Å²) in [5.74, 6) is 0.662. The van der Waals surface area contributed by atoms with E-state index in [1.54, 1.807) is 4.90 Å². The number of Topliss-reactive ketones (excluding diaryl/α,β-unsaturated/α-hetero) is 1. The molecule has 0 saturated carbocycles. The zero-order valence-electron chi connectivity index (χ0n) is 14.7. The van der Waals surface area contributed by atoms with Gasteiger partial charge in [0.25, 0.3) is 5.91 Å². The van der Waals surface area contributed by atoms with E-state index in [1.807, 2.05) is 54.6 Å². The van der Waals surface area contributed by atoms with Crippen LogP contribution in [0.25, 0.3) is 6.08 Å². The summed E-state index contributed by atoms with van der Waals surface area (Å²) >= 11 is 1.49. The van der Waals surface area contributed by atoms with Gasteiger partial charge in [0, 0.05) is 23.5 Å². The highest BCUT2D eigenvalue weighted by Crippen LogP contribution is 2.40. The highest BCUT2D eigenvalue weighted by molar-refractivity contribution is 8.04. The van der Waals surface area contributed by atoms with Crippen LogP contribution in [0.5, 0.6) is 5.75 Å². The van der Waals surface area contributed by atoms with E-state index in [9.17, 15) is 9.59 Å². The van der Waals surface area contributed by atoms with Gasteiger partial charge in [-0.1, -0.05) is 36.0 Å². The van der Waals surface area contributed by atoms with Crippen molar-refractivity contribution in [1.29, 1.82) is 0 Å². The van der Waals surface area contributed by atoms with E-state index in [0.29, 0.717) is 37.0 Å². The number of benzene rings is 2. The lowest BCUT2D eigenvalue weighted by molar-refractivity contribution is -0.137. The number of carbonyl (C=O) groups excluding carboxylic acids is 2. The van der Waals surface area contributed by atoms with Crippen molar-refractivity contribution in [3.8, 4) is 5.75 Å². The summed E-state index contributed by atoms with van der Waals surface area (Å²) in [5.41, 5.74) is 1.68. The molecule has 2 aliphatic heterocycles. The predicted octanol–water partition coefficient (Wildman–Crippen LogP) is 3.25. The van der Waals surface area contributed by atoms with Crippen LogP contribution in [-0.4, -0.2) is 49.5 Å². The monoisotopic (exact) mass is 381 g/mol. The highest BCUT2D eigenvalue weighted by atomic mass is 32.2. The molecule has 4 rings (SSSR count). The van der Waals surface area contributed by atoms with Gasteiger partial charge in [-0.25, -0.2) is 0 Å². The van der Waals surface area contributed by atoms with Crippen molar-refractivity contribution in [3.63, 3.8) is 0 Å². The number of carbonyl (C=O) groups is 2. The Bertz CT molecular complexity index is 885. The molecule has 2 aromatic carbocycles. The lowest BCUT2D eigenvalue weighted by Gasteiger charge is -2.26. The van der Waals surface area contributed by atoms with Crippen molar-refractivity contribution in [3.05, 3.63) is 64.6 Å². The van der Waals surface area contributed by atoms with Crippen molar-refractivity contribution in [2.24, 2.45) is 0 Å². The number of ketones is 1. The molecule has 0 radical (unpaired) electrons. The Kier molecular flexibility index (Phi) is 5.27. The number of ether oxygens (including phenoxy) is 2. The maximum Gasteiger partial charge on any atom is 0.260 e. The average Bonchev–Trinajstić information content (AvgIpc) is 3.03. The molecule has 1 saturated heterocycles. The van der Waals surface area contributed by atoms with Crippen LogP contribution in [0.1, 0.15) is 15.9 Å². The van der Waals surface area contributed by atoms with Gasteiger partial charge in [0.2, 0.25) is 5.78 Å². The maximum atomic E-state index is 12.4. The lowest BCUT2D eigenvalue weighted by atomic mass is 10.1. The van der Waals surface area contributed by atoms with Crippen LogP contribution >= 0.6 is 11.8 Å². The van der Waals surface area contributed by atoms with Gasteiger partial charge in [0.05, 0.1) is 18.1 Å². The predicted molar refractivity (Wildman–Crippen MR) is 104 cm³/mol.